The molecule has 0 radical (unpaired) electrons. The summed E-state index contributed by atoms with van der Waals surface area (Å²) in [6.45, 7) is 0. The molecule has 4 nitrogen and oxygen atoms in total. The molecule has 2 bridgehead atoms. The second-order valence-corrected chi connectivity index (χ2v) is 6.65. The molecule has 4 heteroatoms. The molecule has 4 atom stereocenters. The first-order valence-corrected chi connectivity index (χ1v) is 8.92. The van der Waals surface area contributed by atoms with Crippen molar-refractivity contribution in [2.75, 3.05) is 7.11 Å². The second kappa shape index (κ2) is 9.76. The topological polar surface area (TPSA) is 55.8 Å². The minimum absolute atomic E-state index is 0.263. The van der Waals surface area contributed by atoms with Gasteiger partial charge in [0, 0.05) is 6.42 Å². The van der Waals surface area contributed by atoms with Crippen molar-refractivity contribution in [3.05, 3.63) is 24.5 Å². The fraction of sp³-hybridized carbons (Fsp3) is 0.737. The van der Waals surface area contributed by atoms with Crippen molar-refractivity contribution in [2.24, 2.45) is 11.8 Å². The van der Waals surface area contributed by atoms with Crippen LogP contribution in [0.15, 0.2) is 24.5 Å². The summed E-state index contributed by atoms with van der Waals surface area (Å²) in [4.78, 5) is 10.5. The maximum Gasteiger partial charge on any atom is 0.303 e. The molecule has 0 aromatic carbocycles. The van der Waals surface area contributed by atoms with E-state index in [2.05, 4.69) is 18.2 Å². The highest BCUT2D eigenvalue weighted by atomic mass is 16.5. The molecular weight excluding hydrogens is 292 g/mol. The summed E-state index contributed by atoms with van der Waals surface area (Å²) < 4.78 is 11.1. The maximum absolute atomic E-state index is 10.5. The highest BCUT2D eigenvalue weighted by Gasteiger charge is 2.47. The molecule has 2 aliphatic heterocycles. The van der Waals surface area contributed by atoms with Gasteiger partial charge in [0.15, 0.2) is 0 Å². The number of carboxylic acids is 1. The lowest BCUT2D eigenvalue weighted by Crippen LogP contribution is -2.26. The van der Waals surface area contributed by atoms with Crippen LogP contribution in [0.3, 0.4) is 0 Å². The molecular formula is C19H30O4. The third-order valence-corrected chi connectivity index (χ3v) is 5.07. The number of ether oxygens (including phenoxy) is 2. The van der Waals surface area contributed by atoms with E-state index < -0.39 is 5.97 Å². The van der Waals surface area contributed by atoms with E-state index in [4.69, 9.17) is 14.6 Å². The molecule has 0 aromatic heterocycles. The van der Waals surface area contributed by atoms with Crippen LogP contribution in [0.1, 0.15) is 57.8 Å². The number of rotatable bonds is 11. The van der Waals surface area contributed by atoms with E-state index >= 15 is 0 Å². The number of fused-ring (bicyclic) bond motifs is 2. The predicted molar refractivity (Wildman–Crippen MR) is 90.1 cm³/mol. The lowest BCUT2D eigenvalue weighted by molar-refractivity contribution is -0.137. The summed E-state index contributed by atoms with van der Waals surface area (Å²) in [6.07, 6.45) is 18.0. The fourth-order valence-corrected chi connectivity index (χ4v) is 3.98. The summed E-state index contributed by atoms with van der Waals surface area (Å²) in [5, 5.41) is 8.63. The Morgan fingerprint density at radius 3 is 2.61 bits per heavy atom. The van der Waals surface area contributed by atoms with Crippen LogP contribution in [0.25, 0.3) is 0 Å². The number of unbranched alkanes of at least 4 members (excludes halogenated alkanes) is 2. The average molecular weight is 322 g/mol. The number of carboxylic acid groups (broad SMARTS) is 1. The number of allylic oxidation sites excluding steroid dienone is 3. The molecule has 2 fully saturated rings. The summed E-state index contributed by atoms with van der Waals surface area (Å²) in [5.41, 5.74) is 0. The minimum atomic E-state index is -0.706. The molecule has 1 N–H and O–H groups in total. The van der Waals surface area contributed by atoms with E-state index in [0.29, 0.717) is 24.0 Å². The Labute approximate surface area is 139 Å². The average Bonchev–Trinajstić information content (AvgIpc) is 3.12. The van der Waals surface area contributed by atoms with E-state index in [1.54, 1.807) is 13.4 Å². The van der Waals surface area contributed by atoms with Crippen molar-refractivity contribution in [3.63, 3.8) is 0 Å². The molecule has 0 amide bonds. The minimum Gasteiger partial charge on any atom is -0.505 e. The van der Waals surface area contributed by atoms with Crippen LogP contribution >= 0.6 is 0 Å². The fourth-order valence-electron chi connectivity index (χ4n) is 3.98. The molecule has 0 spiro atoms. The van der Waals surface area contributed by atoms with Crippen LogP contribution in [-0.4, -0.2) is 30.4 Å². The zero-order valence-corrected chi connectivity index (χ0v) is 14.2. The van der Waals surface area contributed by atoms with Gasteiger partial charge < -0.3 is 14.6 Å². The van der Waals surface area contributed by atoms with E-state index in [1.165, 1.54) is 25.7 Å². The Morgan fingerprint density at radius 1 is 1.13 bits per heavy atom. The Balaban J connectivity index is 1.71. The van der Waals surface area contributed by atoms with Crippen molar-refractivity contribution < 1.29 is 19.4 Å². The molecule has 0 aromatic rings. The molecule has 0 saturated carbocycles. The zero-order chi connectivity index (χ0) is 16.5. The standard InChI is InChI=1S/C19H30O4/c1-22-14-8-4-6-10-16-15(17-12-13-18(16)23-17)9-5-2-3-7-11-19(20)21/h2,5,8,14-18H,3-4,6-7,9-13H2,1H3,(H,20,21)/b5-2-,14-8?/t15-,16+,17-,18+/m0/s1. The molecule has 0 aliphatic carbocycles. The van der Waals surface area contributed by atoms with Crippen molar-refractivity contribution >= 4 is 5.97 Å². The van der Waals surface area contributed by atoms with Crippen LogP contribution in [0.5, 0.6) is 0 Å². The third-order valence-electron chi connectivity index (χ3n) is 5.07. The van der Waals surface area contributed by atoms with E-state index in [1.807, 2.05) is 0 Å². The third kappa shape index (κ3) is 5.69. The molecule has 2 rings (SSSR count). The molecule has 2 aliphatic rings. The van der Waals surface area contributed by atoms with Crippen LogP contribution < -0.4 is 0 Å². The smallest absolute Gasteiger partial charge is 0.303 e. The second-order valence-electron chi connectivity index (χ2n) is 6.65. The van der Waals surface area contributed by atoms with Gasteiger partial charge in [-0.25, -0.2) is 0 Å². The Morgan fingerprint density at radius 2 is 1.87 bits per heavy atom. The lowest BCUT2D eigenvalue weighted by Gasteiger charge is -2.27. The lowest BCUT2D eigenvalue weighted by atomic mass is 9.75. The number of hydrogen-bond acceptors (Lipinski definition) is 3. The Kier molecular flexibility index (Phi) is 7.66. The van der Waals surface area contributed by atoms with Gasteiger partial charge in [-0.2, -0.15) is 0 Å². The quantitative estimate of drug-likeness (QED) is 0.350. The van der Waals surface area contributed by atoms with Gasteiger partial charge in [0.05, 0.1) is 25.6 Å². The monoisotopic (exact) mass is 322 g/mol. The van der Waals surface area contributed by atoms with E-state index in [-0.39, 0.29) is 6.42 Å². The molecule has 23 heavy (non-hydrogen) atoms. The number of aliphatic carboxylic acids is 1. The molecule has 2 heterocycles. The van der Waals surface area contributed by atoms with Crippen molar-refractivity contribution in [2.45, 2.75) is 70.0 Å². The normalized spacial score (nSPS) is 29.8. The molecule has 2 saturated heterocycles. The first-order valence-electron chi connectivity index (χ1n) is 8.92. The van der Waals surface area contributed by atoms with Crippen LogP contribution in [0.2, 0.25) is 0 Å². The van der Waals surface area contributed by atoms with Crippen molar-refractivity contribution in [1.82, 2.24) is 0 Å². The van der Waals surface area contributed by atoms with Gasteiger partial charge in [-0.05, 0) is 69.3 Å². The van der Waals surface area contributed by atoms with Crippen molar-refractivity contribution in [1.29, 1.82) is 0 Å². The summed E-state index contributed by atoms with van der Waals surface area (Å²) in [7, 11) is 1.68. The summed E-state index contributed by atoms with van der Waals surface area (Å²) >= 11 is 0. The highest BCUT2D eigenvalue weighted by molar-refractivity contribution is 5.66. The largest absolute Gasteiger partial charge is 0.505 e. The van der Waals surface area contributed by atoms with Gasteiger partial charge in [0.1, 0.15) is 0 Å². The van der Waals surface area contributed by atoms with Gasteiger partial charge in [-0.15, -0.1) is 0 Å². The van der Waals surface area contributed by atoms with Crippen LogP contribution in [-0.2, 0) is 14.3 Å². The Hall–Kier alpha value is -1.29. The number of methoxy groups -OCH3 is 1. The summed E-state index contributed by atoms with van der Waals surface area (Å²) in [6, 6.07) is 0. The van der Waals surface area contributed by atoms with Gasteiger partial charge in [-0.1, -0.05) is 12.2 Å². The zero-order valence-electron chi connectivity index (χ0n) is 14.2. The predicted octanol–water partition coefficient (Wildman–Crippen LogP) is 4.31. The Bertz CT molecular complexity index is 416. The number of hydrogen-bond donors (Lipinski definition) is 1. The van der Waals surface area contributed by atoms with Gasteiger partial charge in [0.25, 0.3) is 0 Å². The van der Waals surface area contributed by atoms with E-state index in [0.717, 1.165) is 25.7 Å². The first kappa shape index (κ1) is 18.1. The number of carbonyl (C=O) groups is 1. The maximum atomic E-state index is 10.5. The van der Waals surface area contributed by atoms with Crippen molar-refractivity contribution in [3.8, 4) is 0 Å². The molecule has 130 valence electrons. The van der Waals surface area contributed by atoms with Crippen LogP contribution in [0.4, 0.5) is 0 Å². The van der Waals surface area contributed by atoms with Crippen LogP contribution in [0, 0.1) is 11.8 Å². The first-order chi connectivity index (χ1) is 11.2. The SMILES string of the molecule is COC=CCCC[C@@H]1[C@H](C/C=C\CCCC(=O)O)[C@@H]2CC[C@H]1O2. The molecule has 0 unspecified atom stereocenters. The van der Waals surface area contributed by atoms with Gasteiger partial charge >= 0.3 is 5.97 Å². The summed E-state index contributed by atoms with van der Waals surface area (Å²) in [5.74, 6) is 0.631. The highest BCUT2D eigenvalue weighted by Crippen LogP contribution is 2.47. The van der Waals surface area contributed by atoms with E-state index in [9.17, 15) is 4.79 Å². The van der Waals surface area contributed by atoms with Gasteiger partial charge in [0.2, 0.25) is 0 Å². The van der Waals surface area contributed by atoms with Gasteiger partial charge in [-0.3, -0.25) is 4.79 Å².